The lowest BCUT2D eigenvalue weighted by Crippen LogP contribution is -2.37. The van der Waals surface area contributed by atoms with E-state index in [1.807, 2.05) is 24.0 Å². The molecule has 0 aliphatic heterocycles. The van der Waals surface area contributed by atoms with Crippen LogP contribution in [0.3, 0.4) is 0 Å². The molecule has 0 amide bonds. The van der Waals surface area contributed by atoms with Crippen LogP contribution in [0, 0.1) is 6.92 Å². The average molecular weight is 234 g/mol. The molecule has 0 radical (unpaired) electrons. The number of rotatable bonds is 4. The molecule has 16 heavy (non-hydrogen) atoms. The molecule has 0 unspecified atom stereocenters. The predicted molar refractivity (Wildman–Crippen MR) is 65.2 cm³/mol. The van der Waals surface area contributed by atoms with Gasteiger partial charge in [0.2, 0.25) is 0 Å². The van der Waals surface area contributed by atoms with Crippen molar-refractivity contribution in [1.29, 1.82) is 0 Å². The maximum atomic E-state index is 4.44. The zero-order valence-electron chi connectivity index (χ0n) is 9.68. The van der Waals surface area contributed by atoms with E-state index in [0.29, 0.717) is 0 Å². The highest BCUT2D eigenvalue weighted by atomic mass is 32.1. The van der Waals surface area contributed by atoms with Crippen molar-refractivity contribution < 1.29 is 4.68 Å². The molecule has 2 aromatic rings. The fraction of sp³-hybridized carbons (Fsp3) is 0.417. The fourth-order valence-electron chi connectivity index (χ4n) is 1.45. The molecule has 84 valence electrons. The summed E-state index contributed by atoms with van der Waals surface area (Å²) in [7, 11) is 0. The molecule has 0 saturated heterocycles. The SMILES string of the molecule is CCCC[n+]1ccc(-c2nc(C)cs2)cn1. The molecular weight excluding hydrogens is 218 g/mol. The molecule has 2 aromatic heterocycles. The Morgan fingerprint density at radius 3 is 2.88 bits per heavy atom. The Morgan fingerprint density at radius 2 is 2.31 bits per heavy atom. The highest BCUT2D eigenvalue weighted by molar-refractivity contribution is 7.13. The van der Waals surface area contributed by atoms with E-state index in [0.717, 1.165) is 22.8 Å². The molecule has 0 fully saturated rings. The third-order valence-corrected chi connectivity index (χ3v) is 3.39. The van der Waals surface area contributed by atoms with Crippen LogP contribution in [-0.4, -0.2) is 10.1 Å². The van der Waals surface area contributed by atoms with E-state index < -0.39 is 0 Å². The van der Waals surface area contributed by atoms with Crippen LogP contribution < -0.4 is 4.68 Å². The van der Waals surface area contributed by atoms with Crippen molar-refractivity contribution >= 4 is 11.3 Å². The molecule has 0 aliphatic carbocycles. The van der Waals surface area contributed by atoms with Crippen LogP contribution in [0.1, 0.15) is 25.5 Å². The summed E-state index contributed by atoms with van der Waals surface area (Å²) in [6, 6.07) is 2.08. The highest BCUT2D eigenvalue weighted by Gasteiger charge is 2.06. The number of hydrogen-bond acceptors (Lipinski definition) is 3. The first-order valence-corrected chi connectivity index (χ1v) is 6.46. The molecule has 0 bridgehead atoms. The van der Waals surface area contributed by atoms with Gasteiger partial charge in [-0.25, -0.2) is 4.98 Å². The quantitative estimate of drug-likeness (QED) is 0.761. The van der Waals surface area contributed by atoms with Crippen LogP contribution >= 0.6 is 11.3 Å². The molecule has 0 spiro atoms. The zero-order chi connectivity index (χ0) is 11.4. The van der Waals surface area contributed by atoms with Crippen LogP contribution in [0.15, 0.2) is 23.8 Å². The summed E-state index contributed by atoms with van der Waals surface area (Å²) >= 11 is 1.67. The second-order valence-corrected chi connectivity index (χ2v) is 4.68. The third kappa shape index (κ3) is 2.64. The highest BCUT2D eigenvalue weighted by Crippen LogP contribution is 2.21. The molecule has 0 N–H and O–H groups in total. The normalized spacial score (nSPS) is 10.6. The van der Waals surface area contributed by atoms with Gasteiger partial charge in [-0.15, -0.1) is 11.3 Å². The van der Waals surface area contributed by atoms with Crippen molar-refractivity contribution in [2.75, 3.05) is 0 Å². The average Bonchev–Trinajstić information content (AvgIpc) is 2.74. The molecule has 3 nitrogen and oxygen atoms in total. The summed E-state index contributed by atoms with van der Waals surface area (Å²) in [5.41, 5.74) is 2.17. The largest absolute Gasteiger partial charge is 0.241 e. The molecular formula is C12H16N3S+. The van der Waals surface area contributed by atoms with Crippen LogP contribution in [0.4, 0.5) is 0 Å². The topological polar surface area (TPSA) is 29.7 Å². The summed E-state index contributed by atoms with van der Waals surface area (Å²) in [4.78, 5) is 4.44. The Morgan fingerprint density at radius 1 is 1.44 bits per heavy atom. The fourth-order valence-corrected chi connectivity index (χ4v) is 2.24. The van der Waals surface area contributed by atoms with Gasteiger partial charge in [0.15, 0.2) is 12.7 Å². The van der Waals surface area contributed by atoms with E-state index in [-0.39, 0.29) is 0 Å². The molecule has 4 heteroatoms. The van der Waals surface area contributed by atoms with Gasteiger partial charge in [-0.05, 0) is 12.0 Å². The summed E-state index contributed by atoms with van der Waals surface area (Å²) in [5, 5.41) is 7.50. The van der Waals surface area contributed by atoms with Gasteiger partial charge in [0.1, 0.15) is 11.2 Å². The van der Waals surface area contributed by atoms with Gasteiger partial charge < -0.3 is 0 Å². The van der Waals surface area contributed by atoms with Gasteiger partial charge in [-0.3, -0.25) is 0 Å². The smallest absolute Gasteiger partial charge is 0.197 e. The Bertz CT molecular complexity index is 448. The molecule has 0 saturated carbocycles. The number of aromatic nitrogens is 3. The Kier molecular flexibility index (Phi) is 3.62. The number of aryl methyl sites for hydroxylation is 2. The maximum Gasteiger partial charge on any atom is 0.197 e. The van der Waals surface area contributed by atoms with Crippen molar-refractivity contribution in [3.8, 4) is 10.6 Å². The van der Waals surface area contributed by atoms with Crippen molar-refractivity contribution in [3.63, 3.8) is 0 Å². The molecule has 0 aliphatic rings. The van der Waals surface area contributed by atoms with Gasteiger partial charge in [0, 0.05) is 29.1 Å². The Balaban J connectivity index is 2.13. The minimum absolute atomic E-state index is 0.994. The maximum absolute atomic E-state index is 4.44. The first kappa shape index (κ1) is 11.2. The summed E-state index contributed by atoms with van der Waals surface area (Å²) in [6.07, 6.45) is 6.30. The number of unbranched alkanes of at least 4 members (excludes halogenated alkanes) is 1. The first-order valence-electron chi connectivity index (χ1n) is 5.58. The van der Waals surface area contributed by atoms with E-state index in [2.05, 4.69) is 28.5 Å². The zero-order valence-corrected chi connectivity index (χ0v) is 10.5. The minimum Gasteiger partial charge on any atom is -0.241 e. The van der Waals surface area contributed by atoms with E-state index in [1.165, 1.54) is 12.8 Å². The van der Waals surface area contributed by atoms with Crippen molar-refractivity contribution in [2.24, 2.45) is 0 Å². The lowest BCUT2D eigenvalue weighted by atomic mass is 10.3. The second kappa shape index (κ2) is 5.16. The monoisotopic (exact) mass is 234 g/mol. The minimum atomic E-state index is 0.994. The molecule has 2 heterocycles. The van der Waals surface area contributed by atoms with Gasteiger partial charge in [-0.1, -0.05) is 18.0 Å². The van der Waals surface area contributed by atoms with E-state index >= 15 is 0 Å². The third-order valence-electron chi connectivity index (χ3n) is 2.38. The van der Waals surface area contributed by atoms with Crippen molar-refractivity contribution in [3.05, 3.63) is 29.5 Å². The lowest BCUT2D eigenvalue weighted by molar-refractivity contribution is -0.754. The van der Waals surface area contributed by atoms with E-state index in [4.69, 9.17) is 0 Å². The first-order chi connectivity index (χ1) is 7.79. The van der Waals surface area contributed by atoms with Gasteiger partial charge in [-0.2, -0.15) is 0 Å². The van der Waals surface area contributed by atoms with E-state index in [1.54, 1.807) is 11.3 Å². The van der Waals surface area contributed by atoms with Crippen LogP contribution in [-0.2, 0) is 6.54 Å². The molecule has 0 atom stereocenters. The Hall–Kier alpha value is -1.29. The lowest BCUT2D eigenvalue weighted by Gasteiger charge is -1.94. The van der Waals surface area contributed by atoms with Gasteiger partial charge in [0.05, 0.1) is 0 Å². The summed E-state index contributed by atoms with van der Waals surface area (Å²) in [5.74, 6) is 0. The van der Waals surface area contributed by atoms with Crippen LogP contribution in [0.25, 0.3) is 10.6 Å². The summed E-state index contributed by atoms with van der Waals surface area (Å²) < 4.78 is 1.98. The molecule has 2 rings (SSSR count). The summed E-state index contributed by atoms with van der Waals surface area (Å²) in [6.45, 7) is 5.19. The number of thiazole rings is 1. The van der Waals surface area contributed by atoms with Crippen molar-refractivity contribution in [1.82, 2.24) is 10.1 Å². The van der Waals surface area contributed by atoms with Crippen LogP contribution in [0.2, 0.25) is 0 Å². The van der Waals surface area contributed by atoms with Gasteiger partial charge in [0.25, 0.3) is 0 Å². The Labute approximate surface area is 99.8 Å². The predicted octanol–water partition coefficient (Wildman–Crippen LogP) is 2.60. The number of hydrogen-bond donors (Lipinski definition) is 0. The van der Waals surface area contributed by atoms with Crippen molar-refractivity contribution in [2.45, 2.75) is 33.2 Å². The number of nitrogens with zero attached hydrogens (tertiary/aromatic N) is 3. The van der Waals surface area contributed by atoms with Crippen LogP contribution in [0.5, 0.6) is 0 Å². The standard InChI is InChI=1S/C12H16N3S/c1-3-4-6-15-7-5-11(8-13-15)12-14-10(2)9-16-12/h5,7-9H,3-4,6H2,1-2H3/q+1. The van der Waals surface area contributed by atoms with Gasteiger partial charge >= 0.3 is 0 Å². The second-order valence-electron chi connectivity index (χ2n) is 3.83. The molecule has 0 aromatic carbocycles. The van der Waals surface area contributed by atoms with E-state index in [9.17, 15) is 0 Å².